The molecule has 3 aromatic carbocycles. The third-order valence-corrected chi connectivity index (χ3v) is 6.17. The Bertz CT molecular complexity index is 1360. The number of nitrogens with zero attached hydrogens (tertiary/aromatic N) is 2. The average Bonchev–Trinajstić information content (AvgIpc) is 2.93. The lowest BCUT2D eigenvalue weighted by Gasteiger charge is -2.22. The minimum absolute atomic E-state index is 0.0401. The Morgan fingerprint density at radius 1 is 0.946 bits per heavy atom. The van der Waals surface area contributed by atoms with Crippen molar-refractivity contribution < 1.29 is 23.6 Å². The molecule has 2 amide bonds. The first kappa shape index (κ1) is 26.2. The highest BCUT2D eigenvalue weighted by atomic mass is 79.9. The van der Waals surface area contributed by atoms with Crippen molar-refractivity contribution in [3.05, 3.63) is 101 Å². The van der Waals surface area contributed by atoms with E-state index >= 15 is 0 Å². The Morgan fingerprint density at radius 3 is 2.51 bits per heavy atom. The van der Waals surface area contributed by atoms with Gasteiger partial charge in [-0.15, -0.1) is 0 Å². The van der Waals surface area contributed by atoms with Crippen LogP contribution in [-0.2, 0) is 11.3 Å². The second kappa shape index (κ2) is 12.9. The van der Waals surface area contributed by atoms with Gasteiger partial charge in [-0.3, -0.25) is 4.79 Å². The Kier molecular flexibility index (Phi) is 9.10. The summed E-state index contributed by atoms with van der Waals surface area (Å²) in [5, 5.41) is 4.81. The van der Waals surface area contributed by atoms with Crippen LogP contribution < -0.4 is 19.5 Å². The molecule has 0 unspecified atom stereocenters. The van der Waals surface area contributed by atoms with Gasteiger partial charge < -0.3 is 19.7 Å². The average molecular weight is 563 g/mol. The van der Waals surface area contributed by atoms with Crippen LogP contribution in [0.15, 0.2) is 95.7 Å². The summed E-state index contributed by atoms with van der Waals surface area (Å²) >= 11 is 3.48. The third kappa shape index (κ3) is 7.07. The topological polar surface area (TPSA) is 71.8 Å². The van der Waals surface area contributed by atoms with Crippen LogP contribution >= 0.6 is 15.9 Å². The molecule has 0 aliphatic rings. The number of hydrogen-bond acceptors (Lipinski definition) is 4. The molecule has 0 aliphatic heterocycles. The summed E-state index contributed by atoms with van der Waals surface area (Å²) in [5.41, 5.74) is 1.26. The summed E-state index contributed by atoms with van der Waals surface area (Å²) in [4.78, 5) is 27.3. The van der Waals surface area contributed by atoms with Crippen LogP contribution in [0.25, 0.3) is 10.8 Å². The lowest BCUT2D eigenvalue weighted by Crippen LogP contribution is -2.38. The Balaban J connectivity index is 1.30. The fraction of sp³-hybridized carbons (Fsp3) is 0.207. The maximum Gasteiger partial charge on any atom is 0.407 e. The van der Waals surface area contributed by atoms with Gasteiger partial charge in [-0.25, -0.2) is 9.36 Å². The molecule has 0 spiro atoms. The molecule has 4 rings (SSSR count). The molecular formula is C29H29BrN3O4+. The van der Waals surface area contributed by atoms with Gasteiger partial charge in [-0.05, 0) is 52.5 Å². The number of carbonyl (C=O) groups is 2. The number of fused-ring (bicyclic) bond motifs is 1. The number of anilines is 1. The van der Waals surface area contributed by atoms with Gasteiger partial charge in [0, 0.05) is 11.1 Å². The van der Waals surface area contributed by atoms with Gasteiger partial charge >= 0.3 is 6.09 Å². The highest BCUT2D eigenvalue weighted by Gasteiger charge is 2.21. The van der Waals surface area contributed by atoms with E-state index in [1.165, 1.54) is 0 Å². The van der Waals surface area contributed by atoms with E-state index in [0.29, 0.717) is 18.7 Å². The Hall–Kier alpha value is -3.91. The van der Waals surface area contributed by atoms with Crippen molar-refractivity contribution in [1.82, 2.24) is 5.32 Å². The summed E-state index contributed by atoms with van der Waals surface area (Å²) in [7, 11) is 0. The van der Waals surface area contributed by atoms with Crippen molar-refractivity contribution >= 4 is 44.4 Å². The summed E-state index contributed by atoms with van der Waals surface area (Å²) in [6.45, 7) is 3.59. The van der Waals surface area contributed by atoms with E-state index < -0.39 is 6.09 Å². The zero-order valence-corrected chi connectivity index (χ0v) is 22.2. The van der Waals surface area contributed by atoms with Crippen molar-refractivity contribution in [2.24, 2.45) is 0 Å². The first-order valence-electron chi connectivity index (χ1n) is 12.1. The van der Waals surface area contributed by atoms with E-state index in [9.17, 15) is 9.59 Å². The number of aromatic nitrogens is 1. The maximum absolute atomic E-state index is 13.4. The number of carbonyl (C=O) groups excluding carboxylic acids is 2. The van der Waals surface area contributed by atoms with Crippen molar-refractivity contribution in [1.29, 1.82) is 0 Å². The van der Waals surface area contributed by atoms with Crippen LogP contribution in [0.2, 0.25) is 0 Å². The van der Waals surface area contributed by atoms with Crippen LogP contribution in [0.5, 0.6) is 5.75 Å². The molecule has 0 fully saturated rings. The van der Waals surface area contributed by atoms with E-state index in [2.05, 4.69) is 21.2 Å². The summed E-state index contributed by atoms with van der Waals surface area (Å²) in [6.07, 6.45) is 3.17. The smallest absolute Gasteiger partial charge is 0.407 e. The fourth-order valence-electron chi connectivity index (χ4n) is 3.92. The molecule has 0 atom stereocenters. The minimum Gasteiger partial charge on any atom is -0.491 e. The number of pyridine rings is 1. The Morgan fingerprint density at radius 2 is 1.70 bits per heavy atom. The van der Waals surface area contributed by atoms with Crippen LogP contribution in [0.1, 0.15) is 17.3 Å². The number of aryl methyl sites for hydroxylation is 1. The number of rotatable bonds is 10. The minimum atomic E-state index is -0.562. The number of alkyl carbamates (subject to hydrolysis) is 1. The maximum atomic E-state index is 13.4. The second-order valence-electron chi connectivity index (χ2n) is 8.25. The van der Waals surface area contributed by atoms with Gasteiger partial charge in [0.15, 0.2) is 12.4 Å². The van der Waals surface area contributed by atoms with Crippen LogP contribution in [-0.4, -0.2) is 38.3 Å². The molecule has 1 N–H and O–H groups in total. The quantitative estimate of drug-likeness (QED) is 0.208. The first-order valence-corrected chi connectivity index (χ1v) is 12.9. The van der Waals surface area contributed by atoms with E-state index in [4.69, 9.17) is 9.47 Å². The number of nitrogens with one attached hydrogen (secondary N) is 1. The molecule has 0 aliphatic carbocycles. The molecule has 37 heavy (non-hydrogen) atoms. The van der Waals surface area contributed by atoms with E-state index in [1.54, 1.807) is 11.0 Å². The number of para-hydroxylation sites is 1. The number of hydrogen-bond donors (Lipinski definition) is 1. The van der Waals surface area contributed by atoms with Gasteiger partial charge in [0.05, 0.1) is 17.6 Å². The summed E-state index contributed by atoms with van der Waals surface area (Å²) in [6, 6.07) is 25.0. The highest BCUT2D eigenvalue weighted by Crippen LogP contribution is 2.25. The zero-order valence-electron chi connectivity index (χ0n) is 20.6. The lowest BCUT2D eigenvalue weighted by atomic mass is 10.1. The summed E-state index contributed by atoms with van der Waals surface area (Å²) in [5.74, 6) is 0.587. The predicted molar refractivity (Wildman–Crippen MR) is 147 cm³/mol. The lowest BCUT2D eigenvalue weighted by molar-refractivity contribution is -0.694. The molecule has 0 bridgehead atoms. The zero-order chi connectivity index (χ0) is 26.0. The highest BCUT2D eigenvalue weighted by molar-refractivity contribution is 9.10. The SMILES string of the molecule is CC[n+]1cc(Br)cc(C(=O)N(CCOC(=O)NCCOc2cccc3ccccc23)c2ccccc2)c1. The molecule has 0 saturated heterocycles. The van der Waals surface area contributed by atoms with Crippen molar-refractivity contribution in [2.45, 2.75) is 13.5 Å². The fourth-order valence-corrected chi connectivity index (χ4v) is 4.43. The molecule has 1 heterocycles. The predicted octanol–water partition coefficient (Wildman–Crippen LogP) is 5.36. The number of benzene rings is 3. The number of amides is 2. The number of ether oxygens (including phenoxy) is 2. The van der Waals surface area contributed by atoms with E-state index in [-0.39, 0.29) is 19.1 Å². The molecule has 190 valence electrons. The van der Waals surface area contributed by atoms with Gasteiger partial charge in [-0.2, -0.15) is 0 Å². The van der Waals surface area contributed by atoms with Crippen LogP contribution in [0, 0.1) is 0 Å². The molecule has 8 heteroatoms. The molecule has 0 radical (unpaired) electrons. The number of halogens is 1. The largest absolute Gasteiger partial charge is 0.491 e. The van der Waals surface area contributed by atoms with E-state index in [1.807, 2.05) is 96.7 Å². The summed E-state index contributed by atoms with van der Waals surface area (Å²) < 4.78 is 14.0. The van der Waals surface area contributed by atoms with Gasteiger partial charge in [0.2, 0.25) is 0 Å². The molecule has 7 nitrogen and oxygen atoms in total. The Labute approximate surface area is 224 Å². The molecule has 4 aromatic rings. The third-order valence-electron chi connectivity index (χ3n) is 5.74. The molecular weight excluding hydrogens is 534 g/mol. The van der Waals surface area contributed by atoms with Gasteiger partial charge in [-0.1, -0.05) is 54.6 Å². The van der Waals surface area contributed by atoms with Crippen LogP contribution in [0.3, 0.4) is 0 Å². The normalized spacial score (nSPS) is 10.6. The monoisotopic (exact) mass is 562 g/mol. The van der Waals surface area contributed by atoms with Crippen molar-refractivity contribution in [3.8, 4) is 5.75 Å². The molecule has 1 aromatic heterocycles. The van der Waals surface area contributed by atoms with E-state index in [0.717, 1.165) is 33.2 Å². The molecule has 0 saturated carbocycles. The van der Waals surface area contributed by atoms with Gasteiger partial charge in [0.25, 0.3) is 5.91 Å². The van der Waals surface area contributed by atoms with Crippen molar-refractivity contribution in [3.63, 3.8) is 0 Å². The first-order chi connectivity index (χ1) is 18.0. The van der Waals surface area contributed by atoms with Crippen LogP contribution in [0.4, 0.5) is 10.5 Å². The van der Waals surface area contributed by atoms with Crippen molar-refractivity contribution in [2.75, 3.05) is 31.2 Å². The standard InChI is InChI=1S/C29H28BrN3O4/c1-2-32-20-23(19-24(30)21-32)28(34)33(25-11-4-3-5-12-25)16-18-37-29(35)31-15-17-36-27-14-8-10-22-9-6-7-13-26(22)27/h3-14,19-21H,2,15-18H2,1H3/p+1. The van der Waals surface area contributed by atoms with Gasteiger partial charge in [0.1, 0.15) is 31.1 Å². The second-order valence-corrected chi connectivity index (χ2v) is 9.17.